The SMILES string of the molecule is CCOc1ccc(N=Nc2nc3ccccc3n2C)cc1. The number of para-hydroxylation sites is 2. The van der Waals surface area contributed by atoms with Crippen LogP contribution in [0.25, 0.3) is 11.0 Å². The summed E-state index contributed by atoms with van der Waals surface area (Å²) >= 11 is 0. The van der Waals surface area contributed by atoms with Gasteiger partial charge >= 0.3 is 0 Å². The van der Waals surface area contributed by atoms with E-state index in [1.165, 1.54) is 0 Å². The van der Waals surface area contributed by atoms with Crippen molar-refractivity contribution in [2.24, 2.45) is 17.3 Å². The van der Waals surface area contributed by atoms with E-state index >= 15 is 0 Å². The zero-order valence-corrected chi connectivity index (χ0v) is 12.0. The van der Waals surface area contributed by atoms with Gasteiger partial charge in [0.25, 0.3) is 0 Å². The average Bonchev–Trinajstić information content (AvgIpc) is 2.84. The predicted octanol–water partition coefficient (Wildman–Crippen LogP) is 4.39. The first-order valence-corrected chi connectivity index (χ1v) is 6.84. The maximum absolute atomic E-state index is 5.39. The topological polar surface area (TPSA) is 51.8 Å². The van der Waals surface area contributed by atoms with Gasteiger partial charge in [-0.3, -0.25) is 0 Å². The fourth-order valence-electron chi connectivity index (χ4n) is 2.10. The van der Waals surface area contributed by atoms with Gasteiger partial charge in [-0.1, -0.05) is 12.1 Å². The van der Waals surface area contributed by atoms with Crippen molar-refractivity contribution in [1.29, 1.82) is 0 Å². The summed E-state index contributed by atoms with van der Waals surface area (Å²) < 4.78 is 7.32. The molecular formula is C16H16N4O. The molecule has 3 aromatic rings. The second-order valence-corrected chi connectivity index (χ2v) is 4.59. The van der Waals surface area contributed by atoms with Crippen molar-refractivity contribution in [1.82, 2.24) is 9.55 Å². The average molecular weight is 280 g/mol. The van der Waals surface area contributed by atoms with Crippen LogP contribution < -0.4 is 4.74 Å². The molecule has 21 heavy (non-hydrogen) atoms. The van der Waals surface area contributed by atoms with Crippen LogP contribution >= 0.6 is 0 Å². The van der Waals surface area contributed by atoms with Crippen LogP contribution in [0.2, 0.25) is 0 Å². The second-order valence-electron chi connectivity index (χ2n) is 4.59. The lowest BCUT2D eigenvalue weighted by molar-refractivity contribution is 0.340. The minimum absolute atomic E-state index is 0.588. The Balaban J connectivity index is 1.85. The van der Waals surface area contributed by atoms with E-state index in [9.17, 15) is 0 Å². The van der Waals surface area contributed by atoms with Crippen molar-refractivity contribution < 1.29 is 4.74 Å². The number of benzene rings is 2. The molecule has 0 saturated heterocycles. The molecule has 3 rings (SSSR count). The molecule has 0 aliphatic carbocycles. The highest BCUT2D eigenvalue weighted by Gasteiger charge is 2.05. The number of imidazole rings is 1. The summed E-state index contributed by atoms with van der Waals surface area (Å²) in [5, 5.41) is 8.44. The first-order chi connectivity index (χ1) is 10.3. The monoisotopic (exact) mass is 280 g/mol. The number of rotatable bonds is 4. The molecular weight excluding hydrogens is 264 g/mol. The van der Waals surface area contributed by atoms with Crippen molar-refractivity contribution in [3.63, 3.8) is 0 Å². The molecule has 0 amide bonds. The maximum Gasteiger partial charge on any atom is 0.250 e. The van der Waals surface area contributed by atoms with Gasteiger partial charge in [-0.05, 0) is 43.3 Å². The molecule has 106 valence electrons. The van der Waals surface area contributed by atoms with E-state index in [1.54, 1.807) is 0 Å². The zero-order chi connectivity index (χ0) is 14.7. The van der Waals surface area contributed by atoms with E-state index in [2.05, 4.69) is 15.2 Å². The van der Waals surface area contributed by atoms with Gasteiger partial charge in [0, 0.05) is 7.05 Å². The Hall–Kier alpha value is -2.69. The summed E-state index contributed by atoms with van der Waals surface area (Å²) in [7, 11) is 1.93. The van der Waals surface area contributed by atoms with Crippen LogP contribution in [0.3, 0.4) is 0 Å². The van der Waals surface area contributed by atoms with Crippen LogP contribution in [0.1, 0.15) is 6.92 Å². The third-order valence-corrected chi connectivity index (χ3v) is 3.17. The number of fused-ring (bicyclic) bond motifs is 1. The van der Waals surface area contributed by atoms with E-state index in [4.69, 9.17) is 4.74 Å². The Morgan fingerprint density at radius 3 is 2.52 bits per heavy atom. The summed E-state index contributed by atoms with van der Waals surface area (Å²) in [6.07, 6.45) is 0. The summed E-state index contributed by atoms with van der Waals surface area (Å²) in [6, 6.07) is 15.4. The molecule has 1 aromatic heterocycles. The third kappa shape index (κ3) is 2.76. The van der Waals surface area contributed by atoms with Crippen LogP contribution in [0.15, 0.2) is 58.8 Å². The Labute approximate surface area is 122 Å². The van der Waals surface area contributed by atoms with Gasteiger partial charge in [-0.2, -0.15) is 0 Å². The fourth-order valence-corrected chi connectivity index (χ4v) is 2.10. The van der Waals surface area contributed by atoms with Crippen LogP contribution in [0.5, 0.6) is 5.75 Å². The summed E-state index contributed by atoms with van der Waals surface area (Å²) in [4.78, 5) is 4.45. The molecule has 0 fully saturated rings. The maximum atomic E-state index is 5.39. The van der Waals surface area contributed by atoms with Crippen molar-refractivity contribution in [2.45, 2.75) is 6.92 Å². The van der Waals surface area contributed by atoms with Gasteiger partial charge in [-0.25, -0.2) is 4.98 Å². The van der Waals surface area contributed by atoms with Crippen LogP contribution in [0.4, 0.5) is 11.6 Å². The number of azo groups is 1. The Kier molecular flexibility index (Phi) is 3.64. The number of hydrogen-bond acceptors (Lipinski definition) is 4. The van der Waals surface area contributed by atoms with Crippen molar-refractivity contribution >= 4 is 22.7 Å². The highest BCUT2D eigenvalue weighted by atomic mass is 16.5. The van der Waals surface area contributed by atoms with Crippen LogP contribution in [-0.2, 0) is 7.05 Å². The van der Waals surface area contributed by atoms with Gasteiger partial charge in [0.2, 0.25) is 5.95 Å². The van der Waals surface area contributed by atoms with Crippen LogP contribution in [0, 0.1) is 0 Å². The first kappa shape index (κ1) is 13.3. The molecule has 0 N–H and O–H groups in total. The Bertz CT molecular complexity index is 775. The standard InChI is InChI=1S/C16H16N4O/c1-3-21-13-10-8-12(9-11-13)18-19-16-17-14-6-4-5-7-15(14)20(16)2/h4-11H,3H2,1-2H3. The number of ether oxygens (including phenoxy) is 1. The largest absolute Gasteiger partial charge is 0.494 e. The quantitative estimate of drug-likeness (QED) is 0.665. The molecule has 1 heterocycles. The van der Waals surface area contributed by atoms with Gasteiger partial charge in [0.05, 0.1) is 23.3 Å². The number of nitrogens with zero attached hydrogens (tertiary/aromatic N) is 4. The molecule has 0 aliphatic heterocycles. The van der Waals surface area contributed by atoms with Crippen molar-refractivity contribution in [3.05, 3.63) is 48.5 Å². The van der Waals surface area contributed by atoms with E-state index < -0.39 is 0 Å². The minimum Gasteiger partial charge on any atom is -0.494 e. The molecule has 0 bridgehead atoms. The normalized spacial score (nSPS) is 11.3. The first-order valence-electron chi connectivity index (χ1n) is 6.84. The van der Waals surface area contributed by atoms with Crippen molar-refractivity contribution in [3.8, 4) is 5.75 Å². The lowest BCUT2D eigenvalue weighted by Gasteiger charge is -2.01. The Morgan fingerprint density at radius 1 is 1.05 bits per heavy atom. The molecule has 0 saturated carbocycles. The van der Waals surface area contributed by atoms with Gasteiger partial charge < -0.3 is 9.30 Å². The summed E-state index contributed by atoms with van der Waals surface area (Å²) in [5.41, 5.74) is 2.73. The van der Waals surface area contributed by atoms with E-state index in [-0.39, 0.29) is 0 Å². The zero-order valence-electron chi connectivity index (χ0n) is 12.0. The van der Waals surface area contributed by atoms with E-state index in [0.717, 1.165) is 22.5 Å². The number of hydrogen-bond donors (Lipinski definition) is 0. The predicted molar refractivity (Wildman–Crippen MR) is 82.5 cm³/mol. The molecule has 0 radical (unpaired) electrons. The highest BCUT2D eigenvalue weighted by Crippen LogP contribution is 2.23. The van der Waals surface area contributed by atoms with E-state index in [1.807, 2.05) is 67.1 Å². The summed E-state index contributed by atoms with van der Waals surface area (Å²) in [6.45, 7) is 2.61. The van der Waals surface area contributed by atoms with Crippen LogP contribution in [-0.4, -0.2) is 16.2 Å². The second kappa shape index (κ2) is 5.75. The smallest absolute Gasteiger partial charge is 0.250 e. The fraction of sp³-hybridized carbons (Fsp3) is 0.188. The van der Waals surface area contributed by atoms with E-state index in [0.29, 0.717) is 12.6 Å². The van der Waals surface area contributed by atoms with Crippen molar-refractivity contribution in [2.75, 3.05) is 6.61 Å². The minimum atomic E-state index is 0.588. The number of aryl methyl sites for hydroxylation is 1. The number of aromatic nitrogens is 2. The molecule has 0 aliphatic rings. The van der Waals surface area contributed by atoms with Gasteiger partial charge in [0.1, 0.15) is 5.75 Å². The molecule has 5 heteroatoms. The third-order valence-electron chi connectivity index (χ3n) is 3.17. The summed E-state index contributed by atoms with van der Waals surface area (Å²) in [5.74, 6) is 1.42. The lowest BCUT2D eigenvalue weighted by Crippen LogP contribution is -1.89. The molecule has 0 spiro atoms. The molecule has 0 atom stereocenters. The molecule has 5 nitrogen and oxygen atoms in total. The van der Waals surface area contributed by atoms with Gasteiger partial charge in [-0.15, -0.1) is 10.2 Å². The highest BCUT2D eigenvalue weighted by molar-refractivity contribution is 5.77. The Morgan fingerprint density at radius 2 is 1.81 bits per heavy atom. The molecule has 0 unspecified atom stereocenters. The lowest BCUT2D eigenvalue weighted by atomic mass is 10.3. The van der Waals surface area contributed by atoms with Gasteiger partial charge in [0.15, 0.2) is 0 Å². The molecule has 2 aromatic carbocycles.